The Morgan fingerprint density at radius 3 is 2.39 bits per heavy atom. The van der Waals surface area contributed by atoms with Gasteiger partial charge in [0.2, 0.25) is 15.7 Å². The molecule has 0 saturated carbocycles. The number of anilines is 1. The number of nitrogens with one attached hydrogen (secondary N) is 2. The number of hydrogen-bond donors (Lipinski definition) is 2. The van der Waals surface area contributed by atoms with E-state index in [1.54, 1.807) is 36.4 Å². The summed E-state index contributed by atoms with van der Waals surface area (Å²) in [5, 5.41) is 2.94. The largest absolute Gasteiger partial charge is 0.497 e. The average molecular weight is 524 g/mol. The molecule has 186 valence electrons. The summed E-state index contributed by atoms with van der Waals surface area (Å²) in [6, 6.07) is 20.7. The minimum absolute atomic E-state index is 0.0546. The third-order valence-corrected chi connectivity index (χ3v) is 8.14. The normalized spacial score (nSPS) is 11.2. The first-order valence-electron chi connectivity index (χ1n) is 10.9. The molecule has 1 amide bonds. The number of aryl methyl sites for hydroxylation is 1. The van der Waals surface area contributed by atoms with Crippen LogP contribution in [0.4, 0.5) is 5.69 Å². The molecule has 0 radical (unpaired) electrons. The molecule has 2 N–H and O–H groups in total. The van der Waals surface area contributed by atoms with Gasteiger partial charge in [-0.3, -0.25) is 4.79 Å². The third-order valence-electron chi connectivity index (χ3n) is 5.31. The Morgan fingerprint density at radius 2 is 1.72 bits per heavy atom. The highest BCUT2D eigenvalue weighted by Crippen LogP contribution is 2.33. The molecule has 0 aliphatic carbocycles. The second-order valence-electron chi connectivity index (χ2n) is 7.81. The van der Waals surface area contributed by atoms with Crippen molar-refractivity contribution in [3.05, 3.63) is 78.4 Å². The fourth-order valence-electron chi connectivity index (χ4n) is 3.42. The van der Waals surface area contributed by atoms with Crippen LogP contribution in [0.5, 0.6) is 11.5 Å². The Morgan fingerprint density at radius 1 is 1.00 bits per heavy atom. The van der Waals surface area contributed by atoms with Crippen LogP contribution in [0.3, 0.4) is 0 Å². The zero-order valence-corrected chi connectivity index (χ0v) is 21.6. The first-order valence-corrected chi connectivity index (χ1v) is 13.4. The molecule has 10 heteroatoms. The van der Waals surface area contributed by atoms with E-state index in [1.165, 1.54) is 26.4 Å². The van der Waals surface area contributed by atoms with Gasteiger partial charge in [-0.25, -0.2) is 13.4 Å². The number of thioether (sulfide) groups is 1. The van der Waals surface area contributed by atoms with Gasteiger partial charge >= 0.3 is 0 Å². The number of amides is 1. The highest BCUT2D eigenvalue weighted by molar-refractivity contribution is 8.00. The van der Waals surface area contributed by atoms with Crippen molar-refractivity contribution < 1.29 is 22.7 Å². The Labute approximate surface area is 214 Å². The molecule has 1 heterocycles. The van der Waals surface area contributed by atoms with E-state index in [9.17, 15) is 13.2 Å². The number of aromatic amines is 1. The lowest BCUT2D eigenvalue weighted by Gasteiger charge is -2.11. The van der Waals surface area contributed by atoms with E-state index in [4.69, 9.17) is 9.47 Å². The number of rotatable bonds is 9. The van der Waals surface area contributed by atoms with E-state index in [1.807, 2.05) is 31.2 Å². The van der Waals surface area contributed by atoms with Gasteiger partial charge < -0.3 is 19.8 Å². The van der Waals surface area contributed by atoms with Crippen LogP contribution < -0.4 is 14.8 Å². The van der Waals surface area contributed by atoms with Gasteiger partial charge in [-0.1, -0.05) is 59.8 Å². The van der Waals surface area contributed by atoms with Crippen molar-refractivity contribution in [2.45, 2.75) is 21.9 Å². The number of sulfone groups is 1. The second-order valence-corrected chi connectivity index (χ2v) is 10.7. The predicted octanol–water partition coefficient (Wildman–Crippen LogP) is 4.97. The molecule has 0 aliphatic rings. The smallest absolute Gasteiger partial charge is 0.234 e. The molecular weight excluding hydrogens is 498 g/mol. The molecular formula is C26H25N3O5S2. The third kappa shape index (κ3) is 5.55. The molecule has 0 fully saturated rings. The number of imidazole rings is 1. The summed E-state index contributed by atoms with van der Waals surface area (Å²) >= 11 is 1.03. The van der Waals surface area contributed by atoms with Crippen LogP contribution in [-0.2, 0) is 14.6 Å². The van der Waals surface area contributed by atoms with Crippen molar-refractivity contribution in [1.82, 2.24) is 9.97 Å². The molecule has 8 nitrogen and oxygen atoms in total. The summed E-state index contributed by atoms with van der Waals surface area (Å²) in [6.45, 7) is 1.97. The molecule has 36 heavy (non-hydrogen) atoms. The fraction of sp³-hybridized carbons (Fsp3) is 0.154. The quantitative estimate of drug-likeness (QED) is 0.298. The van der Waals surface area contributed by atoms with Crippen LogP contribution in [0, 0.1) is 6.92 Å². The number of carbonyl (C=O) groups excluding carboxylic acids is 1. The Hall–Kier alpha value is -3.76. The van der Waals surface area contributed by atoms with E-state index in [2.05, 4.69) is 15.3 Å². The average Bonchev–Trinajstić information content (AvgIpc) is 3.33. The van der Waals surface area contributed by atoms with Crippen LogP contribution in [-0.4, -0.2) is 44.3 Å². The van der Waals surface area contributed by atoms with Crippen LogP contribution >= 0.6 is 11.8 Å². The zero-order chi connectivity index (χ0) is 25.7. The SMILES string of the molecule is COc1ccc(OC)c(NC(=O)CSc2nc(-c3ccc(C)cc3)[nH]c2S(=O)(=O)c2ccccc2)c1. The number of hydrogen-bond acceptors (Lipinski definition) is 7. The van der Waals surface area contributed by atoms with E-state index >= 15 is 0 Å². The summed E-state index contributed by atoms with van der Waals surface area (Å²) in [5.74, 6) is 1.01. The molecule has 0 unspecified atom stereocenters. The van der Waals surface area contributed by atoms with E-state index in [0.29, 0.717) is 23.0 Å². The minimum Gasteiger partial charge on any atom is -0.497 e. The fourth-order valence-corrected chi connectivity index (χ4v) is 5.86. The summed E-state index contributed by atoms with van der Waals surface area (Å²) < 4.78 is 37.4. The molecule has 0 bridgehead atoms. The maximum atomic E-state index is 13.4. The highest BCUT2D eigenvalue weighted by Gasteiger charge is 2.27. The molecule has 3 aromatic carbocycles. The van der Waals surface area contributed by atoms with Crippen molar-refractivity contribution >= 4 is 33.2 Å². The van der Waals surface area contributed by atoms with Gasteiger partial charge in [0.25, 0.3) is 0 Å². The molecule has 1 aromatic heterocycles. The van der Waals surface area contributed by atoms with Crippen molar-refractivity contribution in [1.29, 1.82) is 0 Å². The van der Waals surface area contributed by atoms with Crippen molar-refractivity contribution in [3.63, 3.8) is 0 Å². The Balaban J connectivity index is 1.63. The molecule has 0 saturated heterocycles. The number of ether oxygens (including phenoxy) is 2. The maximum absolute atomic E-state index is 13.4. The molecule has 0 spiro atoms. The van der Waals surface area contributed by atoms with E-state index < -0.39 is 9.84 Å². The number of benzene rings is 3. The number of aromatic nitrogens is 2. The minimum atomic E-state index is -3.90. The van der Waals surface area contributed by atoms with Crippen LogP contribution in [0.1, 0.15) is 5.56 Å². The van der Waals surface area contributed by atoms with Crippen molar-refractivity contribution in [2.24, 2.45) is 0 Å². The van der Waals surface area contributed by atoms with Gasteiger partial charge in [0.1, 0.15) is 22.3 Å². The van der Waals surface area contributed by atoms with Gasteiger partial charge in [0.05, 0.1) is 30.6 Å². The first-order chi connectivity index (χ1) is 17.3. The van der Waals surface area contributed by atoms with Crippen molar-refractivity contribution in [2.75, 3.05) is 25.3 Å². The topological polar surface area (TPSA) is 110 Å². The number of H-pyrrole nitrogens is 1. The standard InChI is InChI=1S/C26H25N3O5S2/c1-17-9-11-18(12-10-17)24-28-25(26(29-24)36(31,32)20-7-5-4-6-8-20)35-16-23(30)27-21-15-19(33-2)13-14-22(21)34-3/h4-15H,16H2,1-3H3,(H,27,30)(H,28,29). The summed E-state index contributed by atoms with van der Waals surface area (Å²) in [6.07, 6.45) is 0. The van der Waals surface area contributed by atoms with E-state index in [0.717, 1.165) is 22.9 Å². The number of methoxy groups -OCH3 is 2. The maximum Gasteiger partial charge on any atom is 0.234 e. The lowest BCUT2D eigenvalue weighted by Crippen LogP contribution is -2.15. The Bertz CT molecular complexity index is 1470. The second kappa shape index (κ2) is 10.9. The summed E-state index contributed by atoms with van der Waals surface area (Å²) in [5.41, 5.74) is 2.26. The van der Waals surface area contributed by atoms with Crippen LogP contribution in [0.25, 0.3) is 11.4 Å². The lowest BCUT2D eigenvalue weighted by molar-refractivity contribution is -0.113. The monoisotopic (exact) mass is 523 g/mol. The summed E-state index contributed by atoms with van der Waals surface area (Å²) in [7, 11) is -0.866. The zero-order valence-electron chi connectivity index (χ0n) is 19.9. The molecule has 0 atom stereocenters. The Kier molecular flexibility index (Phi) is 7.66. The van der Waals surface area contributed by atoms with Crippen LogP contribution in [0.15, 0.2) is 87.7 Å². The van der Waals surface area contributed by atoms with Gasteiger partial charge in [-0.15, -0.1) is 0 Å². The summed E-state index contributed by atoms with van der Waals surface area (Å²) in [4.78, 5) is 20.4. The molecule has 4 rings (SSSR count). The van der Waals surface area contributed by atoms with Gasteiger partial charge in [-0.2, -0.15) is 0 Å². The molecule has 4 aromatic rings. The van der Waals surface area contributed by atoms with E-state index in [-0.39, 0.29) is 26.6 Å². The number of carbonyl (C=O) groups is 1. The van der Waals surface area contributed by atoms with Gasteiger partial charge in [-0.05, 0) is 31.2 Å². The van der Waals surface area contributed by atoms with Crippen LogP contribution in [0.2, 0.25) is 0 Å². The lowest BCUT2D eigenvalue weighted by atomic mass is 10.1. The van der Waals surface area contributed by atoms with Gasteiger partial charge in [0, 0.05) is 11.6 Å². The first kappa shape index (κ1) is 25.3. The molecule has 0 aliphatic heterocycles. The van der Waals surface area contributed by atoms with Gasteiger partial charge in [0.15, 0.2) is 5.03 Å². The predicted molar refractivity (Wildman–Crippen MR) is 140 cm³/mol. The number of nitrogens with zero attached hydrogens (tertiary/aromatic N) is 1. The van der Waals surface area contributed by atoms with Crippen molar-refractivity contribution in [3.8, 4) is 22.9 Å². The highest BCUT2D eigenvalue weighted by atomic mass is 32.2.